The van der Waals surface area contributed by atoms with Crippen LogP contribution in [0.15, 0.2) is 24.3 Å². The fraction of sp³-hybridized carbons (Fsp3) is 0.562. The minimum atomic E-state index is -0.477. The molecule has 1 aromatic rings. The summed E-state index contributed by atoms with van der Waals surface area (Å²) in [6.45, 7) is 6.77. The van der Waals surface area contributed by atoms with E-state index < -0.39 is 5.60 Å². The van der Waals surface area contributed by atoms with Gasteiger partial charge >= 0.3 is 6.09 Å². The first-order chi connectivity index (χ1) is 9.87. The lowest BCUT2D eigenvalue weighted by Gasteiger charge is -2.28. The first-order valence-corrected chi connectivity index (χ1v) is 7.34. The average Bonchev–Trinajstić information content (AvgIpc) is 2.84. The number of carbonyl (C=O) groups excluding carboxylic acids is 1. The Kier molecular flexibility index (Phi) is 4.60. The smallest absolute Gasteiger partial charge is 0.410 e. The Labute approximate surface area is 126 Å². The molecule has 5 nitrogen and oxygen atoms in total. The molecule has 0 spiro atoms. The van der Waals surface area contributed by atoms with Crippen LogP contribution in [0.4, 0.5) is 10.5 Å². The zero-order chi connectivity index (χ0) is 15.5. The Bertz CT molecular complexity index is 497. The summed E-state index contributed by atoms with van der Waals surface area (Å²) in [5.41, 5.74) is 5.99. The fourth-order valence-corrected chi connectivity index (χ4v) is 2.37. The Morgan fingerprint density at radius 1 is 1.38 bits per heavy atom. The third kappa shape index (κ3) is 4.28. The van der Waals surface area contributed by atoms with Crippen LogP contribution in [0.2, 0.25) is 0 Å². The van der Waals surface area contributed by atoms with Crippen molar-refractivity contribution in [1.82, 2.24) is 4.90 Å². The lowest BCUT2D eigenvalue weighted by molar-refractivity contribution is 0.0188. The Balaban J connectivity index is 1.93. The van der Waals surface area contributed by atoms with E-state index in [0.717, 1.165) is 12.8 Å². The van der Waals surface area contributed by atoms with Crippen LogP contribution in [-0.2, 0) is 4.74 Å². The largest absolute Gasteiger partial charge is 0.489 e. The number of hydrogen-bond donors (Lipinski definition) is 1. The summed E-state index contributed by atoms with van der Waals surface area (Å²) >= 11 is 0. The monoisotopic (exact) mass is 292 g/mol. The highest BCUT2D eigenvalue weighted by Crippen LogP contribution is 2.24. The van der Waals surface area contributed by atoms with Gasteiger partial charge in [-0.3, -0.25) is 0 Å². The quantitative estimate of drug-likeness (QED) is 0.870. The normalized spacial score (nSPS) is 18.6. The van der Waals surface area contributed by atoms with Crippen LogP contribution >= 0.6 is 0 Å². The van der Waals surface area contributed by atoms with E-state index in [1.807, 2.05) is 39.0 Å². The second-order valence-electron chi connectivity index (χ2n) is 6.32. The van der Waals surface area contributed by atoms with E-state index >= 15 is 0 Å². The number of nitrogens with zero attached hydrogens (tertiary/aromatic N) is 1. The van der Waals surface area contributed by atoms with Gasteiger partial charge in [0.2, 0.25) is 0 Å². The van der Waals surface area contributed by atoms with Crippen LogP contribution in [0.5, 0.6) is 5.75 Å². The van der Waals surface area contributed by atoms with Crippen molar-refractivity contribution in [3.63, 3.8) is 0 Å². The molecule has 0 unspecified atom stereocenters. The van der Waals surface area contributed by atoms with Gasteiger partial charge in [-0.25, -0.2) is 4.79 Å². The molecule has 2 N–H and O–H groups in total. The van der Waals surface area contributed by atoms with Crippen LogP contribution < -0.4 is 10.5 Å². The lowest BCUT2D eigenvalue weighted by Crippen LogP contribution is -2.42. The maximum Gasteiger partial charge on any atom is 0.410 e. The minimum absolute atomic E-state index is 0.0412. The van der Waals surface area contributed by atoms with Crippen LogP contribution in [0.1, 0.15) is 33.6 Å². The van der Waals surface area contributed by atoms with Crippen molar-refractivity contribution in [2.75, 3.05) is 18.9 Å². The van der Waals surface area contributed by atoms with Crippen molar-refractivity contribution < 1.29 is 14.3 Å². The van der Waals surface area contributed by atoms with E-state index in [2.05, 4.69) is 0 Å². The second-order valence-corrected chi connectivity index (χ2v) is 6.32. The number of para-hydroxylation sites is 2. The zero-order valence-corrected chi connectivity index (χ0v) is 13.0. The van der Waals surface area contributed by atoms with Gasteiger partial charge in [-0.2, -0.15) is 0 Å². The van der Waals surface area contributed by atoms with Gasteiger partial charge in [-0.15, -0.1) is 0 Å². The van der Waals surface area contributed by atoms with E-state index in [4.69, 9.17) is 15.2 Å². The predicted molar refractivity (Wildman–Crippen MR) is 82.3 cm³/mol. The van der Waals surface area contributed by atoms with E-state index in [1.165, 1.54) is 0 Å². The highest BCUT2D eigenvalue weighted by atomic mass is 16.6. The van der Waals surface area contributed by atoms with Gasteiger partial charge in [0.25, 0.3) is 0 Å². The summed E-state index contributed by atoms with van der Waals surface area (Å²) in [5.74, 6) is 0.661. The molecule has 1 amide bonds. The van der Waals surface area contributed by atoms with Gasteiger partial charge in [0.05, 0.1) is 11.7 Å². The average molecular weight is 292 g/mol. The third-order valence-corrected chi connectivity index (χ3v) is 3.36. The zero-order valence-electron chi connectivity index (χ0n) is 13.0. The first-order valence-electron chi connectivity index (χ1n) is 7.34. The van der Waals surface area contributed by atoms with Gasteiger partial charge in [0.1, 0.15) is 18.0 Å². The molecule has 0 radical (unpaired) electrons. The van der Waals surface area contributed by atoms with Gasteiger partial charge in [-0.1, -0.05) is 12.1 Å². The van der Waals surface area contributed by atoms with Crippen molar-refractivity contribution in [2.45, 2.75) is 45.3 Å². The molecule has 1 atom stereocenters. The highest BCUT2D eigenvalue weighted by Gasteiger charge is 2.32. The van der Waals surface area contributed by atoms with Crippen LogP contribution in [0, 0.1) is 0 Å². The van der Waals surface area contributed by atoms with Crippen molar-refractivity contribution in [2.24, 2.45) is 0 Å². The van der Waals surface area contributed by atoms with Crippen molar-refractivity contribution in [3.05, 3.63) is 24.3 Å². The van der Waals surface area contributed by atoms with Gasteiger partial charge < -0.3 is 20.1 Å². The number of amides is 1. The van der Waals surface area contributed by atoms with Crippen LogP contribution in [0.25, 0.3) is 0 Å². The minimum Gasteiger partial charge on any atom is -0.489 e. The number of hydrogen-bond acceptors (Lipinski definition) is 4. The molecule has 1 saturated heterocycles. The number of ether oxygens (including phenoxy) is 2. The molecule has 1 aromatic carbocycles. The number of nitrogens with two attached hydrogens (primary N) is 1. The van der Waals surface area contributed by atoms with Crippen LogP contribution in [0.3, 0.4) is 0 Å². The molecule has 5 heteroatoms. The second kappa shape index (κ2) is 6.24. The maximum atomic E-state index is 12.2. The van der Waals surface area contributed by atoms with Gasteiger partial charge in [-0.05, 0) is 45.7 Å². The number of likely N-dealkylation sites (tertiary alicyclic amines) is 1. The van der Waals surface area contributed by atoms with Crippen LogP contribution in [-0.4, -0.2) is 35.8 Å². The van der Waals surface area contributed by atoms with Crippen molar-refractivity contribution in [3.8, 4) is 5.75 Å². The molecule has 2 rings (SSSR count). The molecule has 0 saturated carbocycles. The SMILES string of the molecule is CC(C)(C)OC(=O)N1CCC[C@H]1COc1ccccc1N. The number of anilines is 1. The molecule has 0 aromatic heterocycles. The van der Waals surface area contributed by atoms with E-state index in [9.17, 15) is 4.79 Å². The van der Waals surface area contributed by atoms with E-state index in [0.29, 0.717) is 24.6 Å². The van der Waals surface area contributed by atoms with E-state index in [1.54, 1.807) is 11.0 Å². The van der Waals surface area contributed by atoms with Gasteiger partial charge in [0, 0.05) is 6.54 Å². The standard InChI is InChI=1S/C16H24N2O3/c1-16(2,3)21-15(19)18-10-6-7-12(18)11-20-14-9-5-4-8-13(14)17/h4-5,8-9,12H,6-7,10-11,17H2,1-3H3/t12-/m0/s1. The lowest BCUT2D eigenvalue weighted by atomic mass is 10.2. The third-order valence-electron chi connectivity index (χ3n) is 3.36. The number of nitrogen functional groups attached to an aromatic ring is 1. The fourth-order valence-electron chi connectivity index (χ4n) is 2.37. The summed E-state index contributed by atoms with van der Waals surface area (Å²) < 4.78 is 11.2. The molecular formula is C16H24N2O3. The molecule has 1 fully saturated rings. The van der Waals surface area contributed by atoms with Gasteiger partial charge in [0.15, 0.2) is 0 Å². The summed E-state index contributed by atoms with van der Waals surface area (Å²) in [4.78, 5) is 13.9. The Hall–Kier alpha value is -1.91. The summed E-state index contributed by atoms with van der Waals surface area (Å²) in [5, 5.41) is 0. The first kappa shape index (κ1) is 15.5. The summed E-state index contributed by atoms with van der Waals surface area (Å²) in [6, 6.07) is 7.42. The highest BCUT2D eigenvalue weighted by molar-refractivity contribution is 5.69. The Morgan fingerprint density at radius 2 is 2.10 bits per heavy atom. The summed E-state index contributed by atoms with van der Waals surface area (Å²) in [6.07, 6.45) is 1.62. The molecule has 1 aliphatic heterocycles. The topological polar surface area (TPSA) is 64.8 Å². The molecule has 21 heavy (non-hydrogen) atoms. The van der Waals surface area contributed by atoms with E-state index in [-0.39, 0.29) is 12.1 Å². The van der Waals surface area contributed by atoms with Crippen molar-refractivity contribution in [1.29, 1.82) is 0 Å². The summed E-state index contributed by atoms with van der Waals surface area (Å²) in [7, 11) is 0. The maximum absolute atomic E-state index is 12.2. The van der Waals surface area contributed by atoms with Crippen molar-refractivity contribution >= 4 is 11.8 Å². The number of benzene rings is 1. The molecule has 116 valence electrons. The molecule has 1 heterocycles. The Morgan fingerprint density at radius 3 is 2.76 bits per heavy atom. The predicted octanol–water partition coefficient (Wildman–Crippen LogP) is 3.05. The molecule has 0 aliphatic carbocycles. The molecular weight excluding hydrogens is 268 g/mol. The number of rotatable bonds is 3. The molecule has 1 aliphatic rings. The molecule has 0 bridgehead atoms. The number of carbonyl (C=O) groups is 1.